The number of allylic oxidation sites excluding steroid dienone is 3. The smallest absolute Gasteiger partial charge is 0.374 e. The summed E-state index contributed by atoms with van der Waals surface area (Å²) in [5, 5.41) is 9.13. The minimum absolute atomic E-state index is 0.275. The maximum atomic E-state index is 12.3. The van der Waals surface area contributed by atoms with Gasteiger partial charge in [0.2, 0.25) is 0 Å². The molecule has 0 N–H and O–H groups in total. The van der Waals surface area contributed by atoms with E-state index in [4.69, 9.17) is 5.26 Å². The summed E-state index contributed by atoms with van der Waals surface area (Å²) in [6, 6.07) is 1.62. The fraction of sp³-hybridized carbons (Fsp3) is 0.615. The number of nitrogens with zero attached hydrogens (tertiary/aromatic N) is 2. The largest absolute Gasteiger partial charge is 0.575 e. The van der Waals surface area contributed by atoms with Crippen molar-refractivity contribution in [3.8, 4) is 6.07 Å². The van der Waals surface area contributed by atoms with Crippen molar-refractivity contribution in [2.75, 3.05) is 13.1 Å². The third-order valence-corrected chi connectivity index (χ3v) is 3.15. The number of hydrogen-bond acceptors (Lipinski definition) is 4. The SMILES string of the molecule is CC(=C(OC(F)(F)F)OC(F)(F)F)/C(C#N)=C(\C)N1CCCC1. The van der Waals surface area contributed by atoms with E-state index in [9.17, 15) is 26.3 Å². The van der Waals surface area contributed by atoms with Crippen LogP contribution in [0.5, 0.6) is 0 Å². The van der Waals surface area contributed by atoms with Gasteiger partial charge in [0.25, 0.3) is 5.95 Å². The van der Waals surface area contributed by atoms with Crippen molar-refractivity contribution in [2.24, 2.45) is 0 Å². The molecule has 0 aromatic carbocycles. The van der Waals surface area contributed by atoms with Crippen LogP contribution >= 0.6 is 0 Å². The van der Waals surface area contributed by atoms with E-state index in [1.54, 1.807) is 11.0 Å². The molecule has 10 heteroatoms. The van der Waals surface area contributed by atoms with Gasteiger partial charge in [-0.2, -0.15) is 5.26 Å². The highest BCUT2D eigenvalue weighted by atomic mass is 19.4. The van der Waals surface area contributed by atoms with Crippen molar-refractivity contribution in [3.63, 3.8) is 0 Å². The van der Waals surface area contributed by atoms with E-state index >= 15 is 0 Å². The molecule has 4 nitrogen and oxygen atoms in total. The van der Waals surface area contributed by atoms with Gasteiger partial charge < -0.3 is 14.4 Å². The highest BCUT2D eigenvalue weighted by molar-refractivity contribution is 5.44. The summed E-state index contributed by atoms with van der Waals surface area (Å²) < 4.78 is 80.4. The highest BCUT2D eigenvalue weighted by Crippen LogP contribution is 2.32. The molecule has 0 spiro atoms. The van der Waals surface area contributed by atoms with Crippen molar-refractivity contribution >= 4 is 0 Å². The van der Waals surface area contributed by atoms with Gasteiger partial charge in [0.05, 0.1) is 5.57 Å². The van der Waals surface area contributed by atoms with Crippen molar-refractivity contribution in [1.29, 1.82) is 5.26 Å². The average molecular weight is 344 g/mol. The van der Waals surface area contributed by atoms with Crippen LogP contribution < -0.4 is 0 Å². The molecule has 0 aromatic rings. The molecule has 1 saturated heterocycles. The van der Waals surface area contributed by atoms with Gasteiger partial charge in [-0.3, -0.25) is 0 Å². The lowest BCUT2D eigenvalue weighted by atomic mass is 10.1. The van der Waals surface area contributed by atoms with Gasteiger partial charge in [0, 0.05) is 24.4 Å². The summed E-state index contributed by atoms with van der Waals surface area (Å²) in [6.45, 7) is 3.50. The van der Waals surface area contributed by atoms with Crippen molar-refractivity contribution in [1.82, 2.24) is 4.90 Å². The maximum Gasteiger partial charge on any atom is 0.575 e. The van der Waals surface area contributed by atoms with Crippen LogP contribution in [-0.4, -0.2) is 30.7 Å². The van der Waals surface area contributed by atoms with Crippen LogP contribution in [0, 0.1) is 11.3 Å². The number of halogens is 6. The molecule has 0 saturated carbocycles. The Bertz CT molecular complexity index is 518. The minimum Gasteiger partial charge on any atom is -0.374 e. The summed E-state index contributed by atoms with van der Waals surface area (Å²) in [4.78, 5) is 1.71. The zero-order valence-electron chi connectivity index (χ0n) is 12.3. The Labute approximate surface area is 128 Å². The number of rotatable bonds is 4. The van der Waals surface area contributed by atoms with E-state index in [0.717, 1.165) is 19.8 Å². The molecule has 0 aliphatic carbocycles. The second-order valence-electron chi connectivity index (χ2n) is 4.77. The van der Waals surface area contributed by atoms with E-state index in [2.05, 4.69) is 9.47 Å². The van der Waals surface area contributed by atoms with E-state index in [0.29, 0.717) is 13.1 Å². The Hall–Kier alpha value is -2.05. The number of alkyl halides is 6. The fourth-order valence-electron chi connectivity index (χ4n) is 2.13. The van der Waals surface area contributed by atoms with Gasteiger partial charge in [-0.05, 0) is 26.7 Å². The van der Waals surface area contributed by atoms with Gasteiger partial charge in [0.15, 0.2) is 0 Å². The number of hydrogen-bond donors (Lipinski definition) is 0. The molecule has 130 valence electrons. The molecule has 0 amide bonds. The first-order valence-electron chi connectivity index (χ1n) is 6.53. The average Bonchev–Trinajstić information content (AvgIpc) is 2.88. The maximum absolute atomic E-state index is 12.3. The molecule has 23 heavy (non-hydrogen) atoms. The molecule has 0 aromatic heterocycles. The first-order chi connectivity index (χ1) is 10.4. The topological polar surface area (TPSA) is 45.5 Å². The first kappa shape index (κ1) is 19.0. The van der Waals surface area contributed by atoms with Crippen LogP contribution in [0.3, 0.4) is 0 Å². The standard InChI is InChI=1S/C13H14F6N2O2/c1-8(10(7-20)9(2)21-5-3-4-6-21)11(22-12(14,15)16)23-13(17,18)19/h3-6H2,1-2H3/b10-9+. The summed E-state index contributed by atoms with van der Waals surface area (Å²) in [5.41, 5.74) is -0.751. The third-order valence-electron chi connectivity index (χ3n) is 3.15. The monoisotopic (exact) mass is 344 g/mol. The molecule has 1 rings (SSSR count). The van der Waals surface area contributed by atoms with Gasteiger partial charge >= 0.3 is 12.7 Å². The lowest BCUT2D eigenvalue weighted by molar-refractivity contribution is -0.372. The quantitative estimate of drug-likeness (QED) is 0.332. The summed E-state index contributed by atoms with van der Waals surface area (Å²) in [7, 11) is 0. The van der Waals surface area contributed by atoms with Gasteiger partial charge in [-0.15, -0.1) is 26.3 Å². The van der Waals surface area contributed by atoms with Crippen LogP contribution in [0.4, 0.5) is 26.3 Å². The summed E-state index contributed by atoms with van der Waals surface area (Å²) in [5.74, 6) is -1.81. The second-order valence-corrected chi connectivity index (χ2v) is 4.77. The zero-order chi connectivity index (χ0) is 17.8. The van der Waals surface area contributed by atoms with Gasteiger partial charge in [-0.25, -0.2) is 0 Å². The van der Waals surface area contributed by atoms with Crippen molar-refractivity contribution < 1.29 is 35.8 Å². The summed E-state index contributed by atoms with van der Waals surface area (Å²) in [6.07, 6.45) is -9.12. The molecule has 0 atom stereocenters. The van der Waals surface area contributed by atoms with Crippen molar-refractivity contribution in [2.45, 2.75) is 39.4 Å². The molecule has 0 unspecified atom stereocenters. The Kier molecular flexibility index (Phi) is 5.80. The summed E-state index contributed by atoms with van der Waals surface area (Å²) >= 11 is 0. The molecular weight excluding hydrogens is 330 g/mol. The molecule has 0 radical (unpaired) electrons. The highest BCUT2D eigenvalue weighted by Gasteiger charge is 2.40. The lowest BCUT2D eigenvalue weighted by Gasteiger charge is -2.22. The third kappa shape index (κ3) is 5.92. The number of likely N-dealkylation sites (tertiary alicyclic amines) is 1. The Morgan fingerprint density at radius 2 is 1.39 bits per heavy atom. The van der Waals surface area contributed by atoms with Gasteiger partial charge in [-0.1, -0.05) is 0 Å². The Morgan fingerprint density at radius 1 is 0.957 bits per heavy atom. The first-order valence-corrected chi connectivity index (χ1v) is 6.53. The van der Waals surface area contributed by atoms with Crippen LogP contribution in [-0.2, 0) is 9.47 Å². The Morgan fingerprint density at radius 3 is 1.74 bits per heavy atom. The number of ether oxygens (including phenoxy) is 2. The predicted octanol–water partition coefficient (Wildman–Crippen LogP) is 4.18. The lowest BCUT2D eigenvalue weighted by Crippen LogP contribution is -2.23. The zero-order valence-corrected chi connectivity index (χ0v) is 12.3. The van der Waals surface area contributed by atoms with Crippen LogP contribution in [0.25, 0.3) is 0 Å². The van der Waals surface area contributed by atoms with E-state index in [1.165, 1.54) is 6.92 Å². The molecular formula is C13H14F6N2O2. The normalized spacial score (nSPS) is 16.6. The van der Waals surface area contributed by atoms with Crippen molar-refractivity contribution in [3.05, 3.63) is 22.8 Å². The predicted molar refractivity (Wildman–Crippen MR) is 66.1 cm³/mol. The van der Waals surface area contributed by atoms with E-state index in [1.807, 2.05) is 0 Å². The van der Waals surface area contributed by atoms with Gasteiger partial charge in [0.1, 0.15) is 6.07 Å². The Balaban J connectivity index is 3.29. The molecule has 1 fully saturated rings. The number of nitriles is 1. The molecule has 1 heterocycles. The molecule has 1 aliphatic rings. The van der Waals surface area contributed by atoms with E-state index < -0.39 is 24.2 Å². The van der Waals surface area contributed by atoms with Crippen LogP contribution in [0.15, 0.2) is 22.8 Å². The minimum atomic E-state index is -5.38. The second kappa shape index (κ2) is 7.02. The molecule has 1 aliphatic heterocycles. The van der Waals surface area contributed by atoms with E-state index in [-0.39, 0.29) is 11.3 Å². The van der Waals surface area contributed by atoms with Crippen LogP contribution in [0.2, 0.25) is 0 Å². The van der Waals surface area contributed by atoms with Crippen LogP contribution in [0.1, 0.15) is 26.7 Å². The fourth-order valence-corrected chi connectivity index (χ4v) is 2.13. The molecule has 0 bridgehead atoms.